The van der Waals surface area contributed by atoms with Crippen LogP contribution in [0.4, 0.5) is 0 Å². The molecular formula is C36H33N3O3S. The van der Waals surface area contributed by atoms with E-state index in [0.717, 1.165) is 27.6 Å². The van der Waals surface area contributed by atoms with Crippen molar-refractivity contribution in [3.63, 3.8) is 0 Å². The van der Waals surface area contributed by atoms with Crippen LogP contribution in [0.25, 0.3) is 22.7 Å². The monoisotopic (exact) mass is 587 g/mol. The summed E-state index contributed by atoms with van der Waals surface area (Å²) < 4.78 is 9.91. The largest absolute Gasteiger partial charge is 0.463 e. The van der Waals surface area contributed by atoms with Crippen molar-refractivity contribution in [3.05, 3.63) is 145 Å². The number of carbonyl (C=O) groups is 1. The van der Waals surface area contributed by atoms with E-state index in [1.807, 2.05) is 72.9 Å². The average molecular weight is 588 g/mol. The average Bonchev–Trinajstić information content (AvgIpc) is 3.53. The molecule has 1 aliphatic heterocycles. The van der Waals surface area contributed by atoms with Gasteiger partial charge in [0.05, 0.1) is 28.5 Å². The molecule has 0 aliphatic carbocycles. The maximum Gasteiger partial charge on any atom is 0.338 e. The second kappa shape index (κ2) is 11.9. The van der Waals surface area contributed by atoms with Crippen LogP contribution >= 0.6 is 11.3 Å². The molecule has 216 valence electrons. The Morgan fingerprint density at radius 3 is 2.47 bits per heavy atom. The fraction of sp³-hybridized carbons (Fsp3) is 0.194. The van der Waals surface area contributed by atoms with E-state index in [1.165, 1.54) is 16.9 Å². The van der Waals surface area contributed by atoms with Crippen LogP contribution in [0.5, 0.6) is 0 Å². The second-order valence-corrected chi connectivity index (χ2v) is 11.8. The van der Waals surface area contributed by atoms with Gasteiger partial charge in [-0.15, -0.1) is 6.58 Å². The topological polar surface area (TPSA) is 65.6 Å². The molecule has 0 spiro atoms. The Morgan fingerprint density at radius 2 is 1.77 bits per heavy atom. The first-order chi connectivity index (χ1) is 20.9. The van der Waals surface area contributed by atoms with Crippen molar-refractivity contribution >= 4 is 40.0 Å². The number of aromatic nitrogens is 2. The van der Waals surface area contributed by atoms with E-state index < -0.39 is 12.0 Å². The number of hydrogen-bond donors (Lipinski definition) is 0. The predicted octanol–water partition coefficient (Wildman–Crippen LogP) is 6.20. The molecule has 3 heterocycles. The van der Waals surface area contributed by atoms with Gasteiger partial charge in [-0.2, -0.15) is 0 Å². The van der Waals surface area contributed by atoms with Gasteiger partial charge in [-0.25, -0.2) is 9.79 Å². The summed E-state index contributed by atoms with van der Waals surface area (Å²) in [5.74, 6) is -0.135. The molecule has 0 unspecified atom stereocenters. The fourth-order valence-corrected chi connectivity index (χ4v) is 6.63. The molecule has 0 radical (unpaired) electrons. The van der Waals surface area contributed by atoms with Crippen molar-refractivity contribution in [2.24, 2.45) is 4.99 Å². The number of rotatable bonds is 8. The van der Waals surface area contributed by atoms with Gasteiger partial charge in [0, 0.05) is 34.8 Å². The molecule has 0 N–H and O–H groups in total. The van der Waals surface area contributed by atoms with Crippen LogP contribution in [0.15, 0.2) is 113 Å². The summed E-state index contributed by atoms with van der Waals surface area (Å²) in [4.78, 5) is 33.5. The van der Waals surface area contributed by atoms with Crippen molar-refractivity contribution in [2.45, 2.75) is 39.3 Å². The Bertz CT molecular complexity index is 2040. The maximum absolute atomic E-state index is 14.3. The number of benzene rings is 3. The molecule has 0 amide bonds. The molecule has 6 nitrogen and oxygen atoms in total. The van der Waals surface area contributed by atoms with E-state index in [1.54, 1.807) is 11.5 Å². The van der Waals surface area contributed by atoms with E-state index in [2.05, 4.69) is 49.3 Å². The minimum absolute atomic E-state index is 0.198. The highest BCUT2D eigenvalue weighted by molar-refractivity contribution is 7.07. The Morgan fingerprint density at radius 1 is 1.05 bits per heavy atom. The van der Waals surface area contributed by atoms with Crippen LogP contribution in [-0.2, 0) is 16.1 Å². The first-order valence-electron chi connectivity index (χ1n) is 14.5. The summed E-state index contributed by atoms with van der Waals surface area (Å²) in [6.45, 7) is 10.8. The summed E-state index contributed by atoms with van der Waals surface area (Å²) in [7, 11) is 0. The van der Waals surface area contributed by atoms with Gasteiger partial charge in [0.1, 0.15) is 0 Å². The van der Waals surface area contributed by atoms with Crippen LogP contribution in [0.2, 0.25) is 0 Å². The third-order valence-corrected chi connectivity index (χ3v) is 8.71. The first kappa shape index (κ1) is 28.4. The third-order valence-electron chi connectivity index (χ3n) is 7.72. The van der Waals surface area contributed by atoms with Crippen LogP contribution in [0.1, 0.15) is 55.0 Å². The normalized spacial score (nSPS) is 15.1. The minimum Gasteiger partial charge on any atom is -0.463 e. The van der Waals surface area contributed by atoms with Crippen molar-refractivity contribution < 1.29 is 9.53 Å². The number of thiazole rings is 1. The molecule has 0 saturated carbocycles. The van der Waals surface area contributed by atoms with Gasteiger partial charge in [0.15, 0.2) is 4.80 Å². The van der Waals surface area contributed by atoms with Crippen LogP contribution in [0.3, 0.4) is 0 Å². The summed E-state index contributed by atoms with van der Waals surface area (Å²) in [5, 5.41) is 1.05. The highest BCUT2D eigenvalue weighted by Crippen LogP contribution is 2.35. The zero-order valence-corrected chi connectivity index (χ0v) is 25.3. The van der Waals surface area contributed by atoms with Gasteiger partial charge in [-0.1, -0.05) is 104 Å². The van der Waals surface area contributed by atoms with Crippen molar-refractivity contribution in [1.29, 1.82) is 0 Å². The van der Waals surface area contributed by atoms with E-state index in [-0.39, 0.29) is 12.2 Å². The summed E-state index contributed by atoms with van der Waals surface area (Å²) in [5.41, 5.74) is 5.48. The van der Waals surface area contributed by atoms with E-state index in [0.29, 0.717) is 33.1 Å². The quantitative estimate of drug-likeness (QED) is 0.160. The summed E-state index contributed by atoms with van der Waals surface area (Å²) in [6, 6.07) is 25.2. The molecule has 43 heavy (non-hydrogen) atoms. The highest BCUT2D eigenvalue weighted by atomic mass is 32.1. The number of nitrogens with zero attached hydrogens (tertiary/aromatic N) is 3. The van der Waals surface area contributed by atoms with Gasteiger partial charge >= 0.3 is 5.97 Å². The van der Waals surface area contributed by atoms with Crippen LogP contribution < -0.4 is 14.9 Å². The molecule has 1 atom stereocenters. The lowest BCUT2D eigenvalue weighted by Crippen LogP contribution is -2.40. The molecule has 0 bridgehead atoms. The molecule has 1 aliphatic rings. The number of para-hydroxylation sites is 1. The number of carbonyl (C=O) groups excluding carboxylic acids is 1. The fourth-order valence-electron chi connectivity index (χ4n) is 5.64. The lowest BCUT2D eigenvalue weighted by Gasteiger charge is -2.26. The number of hydrogen-bond acceptors (Lipinski definition) is 5. The lowest BCUT2D eigenvalue weighted by molar-refractivity contribution is -0.138. The SMILES string of the molecule is C=CCn1cc(/C=c2\sc3n(c2=O)[C@@H](c2ccc(C(C)C)cc2)C(C(=O)OCC)=C(c2ccccc2)N=3)c2ccccc21. The molecule has 2 aromatic heterocycles. The van der Waals surface area contributed by atoms with Gasteiger partial charge in [-0.05, 0) is 36.1 Å². The zero-order valence-electron chi connectivity index (χ0n) is 24.5. The van der Waals surface area contributed by atoms with Crippen molar-refractivity contribution in [1.82, 2.24) is 9.13 Å². The summed E-state index contributed by atoms with van der Waals surface area (Å²) in [6.07, 6.45) is 5.84. The van der Waals surface area contributed by atoms with E-state index >= 15 is 0 Å². The van der Waals surface area contributed by atoms with Gasteiger partial charge in [0.25, 0.3) is 5.56 Å². The van der Waals surface area contributed by atoms with Crippen LogP contribution in [-0.4, -0.2) is 21.7 Å². The Labute approximate surface area is 254 Å². The molecule has 6 rings (SSSR count). The number of fused-ring (bicyclic) bond motifs is 2. The molecular weight excluding hydrogens is 554 g/mol. The van der Waals surface area contributed by atoms with E-state index in [4.69, 9.17) is 9.73 Å². The van der Waals surface area contributed by atoms with Gasteiger partial charge in [-0.3, -0.25) is 9.36 Å². The first-order valence-corrected chi connectivity index (χ1v) is 15.3. The highest BCUT2D eigenvalue weighted by Gasteiger charge is 2.35. The van der Waals surface area contributed by atoms with Gasteiger partial charge < -0.3 is 9.30 Å². The second-order valence-electron chi connectivity index (χ2n) is 10.8. The minimum atomic E-state index is -0.698. The molecule has 3 aromatic carbocycles. The van der Waals surface area contributed by atoms with Crippen molar-refractivity contribution in [3.8, 4) is 0 Å². The lowest BCUT2D eigenvalue weighted by atomic mass is 9.91. The zero-order chi connectivity index (χ0) is 30.1. The molecule has 0 saturated heterocycles. The van der Waals surface area contributed by atoms with Crippen molar-refractivity contribution in [2.75, 3.05) is 6.61 Å². The number of esters is 1. The van der Waals surface area contributed by atoms with E-state index in [9.17, 15) is 9.59 Å². The standard InChI is InChI=1S/C36H33N3O3S/c1-5-20-38-22-27(28-14-10-11-15-29(28)38)21-30-34(40)39-33(26-18-16-24(17-19-26)23(3)4)31(35(41)42-6-2)32(37-36(39)43-30)25-12-8-7-9-13-25/h5,7-19,21-23,33H,1,6,20H2,2-4H3/b30-21-/t33-/m0/s1. The maximum atomic E-state index is 14.3. The molecule has 5 aromatic rings. The molecule has 7 heteroatoms. The Balaban J connectivity index is 1.63. The predicted molar refractivity (Wildman–Crippen MR) is 174 cm³/mol. The molecule has 0 fully saturated rings. The Kier molecular flexibility index (Phi) is 7.82. The van der Waals surface area contributed by atoms with Gasteiger partial charge in [0.2, 0.25) is 0 Å². The number of allylic oxidation sites excluding steroid dienone is 1. The van der Waals surface area contributed by atoms with Crippen LogP contribution in [0, 0.1) is 0 Å². The Hall–Kier alpha value is -4.75. The number of ether oxygens (including phenoxy) is 1. The smallest absolute Gasteiger partial charge is 0.338 e. The third kappa shape index (κ3) is 5.21. The summed E-state index contributed by atoms with van der Waals surface area (Å²) >= 11 is 1.33.